The number of carboxylic acid groups (broad SMARTS) is 1. The standard InChI is InChI=1S/C14H19FN2O3/c1-9(2)16-7-3-4-13(18)17-12-8-10(15)5-6-11(12)14(19)20/h5-6,8-9,16H,3-4,7H2,1-2H3,(H,17,18)(H,19,20). The van der Waals surface area contributed by atoms with Crippen molar-refractivity contribution in [2.75, 3.05) is 11.9 Å². The van der Waals surface area contributed by atoms with Gasteiger partial charge in [-0.15, -0.1) is 0 Å². The fourth-order valence-electron chi connectivity index (χ4n) is 1.66. The number of carbonyl (C=O) groups excluding carboxylic acids is 1. The third-order valence-electron chi connectivity index (χ3n) is 2.62. The van der Waals surface area contributed by atoms with Crippen LogP contribution < -0.4 is 10.6 Å². The summed E-state index contributed by atoms with van der Waals surface area (Å²) in [6.45, 7) is 4.71. The minimum Gasteiger partial charge on any atom is -0.478 e. The van der Waals surface area contributed by atoms with Crippen LogP contribution in [-0.2, 0) is 4.79 Å². The van der Waals surface area contributed by atoms with Crippen LogP contribution in [0.3, 0.4) is 0 Å². The van der Waals surface area contributed by atoms with E-state index in [-0.39, 0.29) is 23.6 Å². The Balaban J connectivity index is 2.57. The molecule has 0 radical (unpaired) electrons. The average molecular weight is 282 g/mol. The summed E-state index contributed by atoms with van der Waals surface area (Å²) in [7, 11) is 0. The van der Waals surface area contributed by atoms with E-state index in [1.807, 2.05) is 13.8 Å². The molecule has 0 spiro atoms. The second-order valence-electron chi connectivity index (χ2n) is 4.76. The Morgan fingerprint density at radius 3 is 2.65 bits per heavy atom. The van der Waals surface area contributed by atoms with E-state index in [9.17, 15) is 14.0 Å². The molecule has 1 aromatic carbocycles. The summed E-state index contributed by atoms with van der Waals surface area (Å²) in [6.07, 6.45) is 0.872. The molecule has 20 heavy (non-hydrogen) atoms. The number of rotatable bonds is 7. The topological polar surface area (TPSA) is 78.4 Å². The predicted molar refractivity (Wildman–Crippen MR) is 74.4 cm³/mol. The molecule has 3 N–H and O–H groups in total. The summed E-state index contributed by atoms with van der Waals surface area (Å²) in [5.41, 5.74) is -0.139. The number of carbonyl (C=O) groups is 2. The lowest BCUT2D eigenvalue weighted by Gasteiger charge is -2.10. The van der Waals surface area contributed by atoms with Crippen LogP contribution >= 0.6 is 0 Å². The van der Waals surface area contributed by atoms with Crippen LogP contribution in [0.2, 0.25) is 0 Å². The van der Waals surface area contributed by atoms with Crippen molar-refractivity contribution >= 4 is 17.6 Å². The summed E-state index contributed by atoms with van der Waals surface area (Å²) in [5.74, 6) is -2.13. The molecule has 0 saturated carbocycles. The zero-order valence-electron chi connectivity index (χ0n) is 11.6. The normalized spacial score (nSPS) is 10.6. The van der Waals surface area contributed by atoms with Gasteiger partial charge in [-0.3, -0.25) is 4.79 Å². The first-order valence-corrected chi connectivity index (χ1v) is 6.46. The quantitative estimate of drug-likeness (QED) is 0.670. The van der Waals surface area contributed by atoms with Gasteiger partial charge in [-0.2, -0.15) is 0 Å². The summed E-state index contributed by atoms with van der Waals surface area (Å²) in [5, 5.41) is 14.6. The van der Waals surface area contributed by atoms with E-state index < -0.39 is 11.8 Å². The van der Waals surface area contributed by atoms with Crippen molar-refractivity contribution in [1.82, 2.24) is 5.32 Å². The molecule has 0 aliphatic rings. The Morgan fingerprint density at radius 2 is 2.05 bits per heavy atom. The van der Waals surface area contributed by atoms with Crippen molar-refractivity contribution in [2.24, 2.45) is 0 Å². The molecule has 0 aliphatic heterocycles. The Kier molecular flexibility index (Phi) is 6.11. The number of hydrogen-bond acceptors (Lipinski definition) is 3. The number of benzene rings is 1. The molecule has 1 rings (SSSR count). The highest BCUT2D eigenvalue weighted by Crippen LogP contribution is 2.17. The van der Waals surface area contributed by atoms with E-state index in [1.165, 1.54) is 0 Å². The zero-order valence-corrected chi connectivity index (χ0v) is 11.6. The highest BCUT2D eigenvalue weighted by molar-refractivity contribution is 6.00. The van der Waals surface area contributed by atoms with E-state index in [0.29, 0.717) is 19.0 Å². The molecule has 110 valence electrons. The zero-order chi connectivity index (χ0) is 15.1. The van der Waals surface area contributed by atoms with Crippen molar-refractivity contribution in [2.45, 2.75) is 32.7 Å². The van der Waals surface area contributed by atoms with Crippen molar-refractivity contribution in [3.05, 3.63) is 29.6 Å². The van der Waals surface area contributed by atoms with E-state index in [2.05, 4.69) is 10.6 Å². The number of anilines is 1. The van der Waals surface area contributed by atoms with Gasteiger partial charge in [0.2, 0.25) is 5.91 Å². The van der Waals surface area contributed by atoms with Crippen LogP contribution in [0.15, 0.2) is 18.2 Å². The van der Waals surface area contributed by atoms with Crippen LogP contribution in [0.4, 0.5) is 10.1 Å². The van der Waals surface area contributed by atoms with E-state index in [1.54, 1.807) is 0 Å². The number of amides is 1. The Hall–Kier alpha value is -1.95. The molecule has 6 heteroatoms. The summed E-state index contributed by atoms with van der Waals surface area (Å²) < 4.78 is 13.1. The molecule has 0 bridgehead atoms. The Morgan fingerprint density at radius 1 is 1.35 bits per heavy atom. The van der Waals surface area contributed by atoms with Gasteiger partial charge in [0.15, 0.2) is 0 Å². The van der Waals surface area contributed by atoms with Crippen molar-refractivity contribution in [1.29, 1.82) is 0 Å². The van der Waals surface area contributed by atoms with Gasteiger partial charge >= 0.3 is 5.97 Å². The molecule has 0 saturated heterocycles. The maximum absolute atomic E-state index is 13.1. The molecule has 0 aromatic heterocycles. The van der Waals surface area contributed by atoms with E-state index in [4.69, 9.17) is 5.11 Å². The Bertz CT molecular complexity index is 489. The molecule has 0 heterocycles. The van der Waals surface area contributed by atoms with E-state index >= 15 is 0 Å². The van der Waals surface area contributed by atoms with Crippen LogP contribution in [0.1, 0.15) is 37.0 Å². The molecule has 0 fully saturated rings. The minimum absolute atomic E-state index is 0.0145. The molecular weight excluding hydrogens is 263 g/mol. The van der Waals surface area contributed by atoms with Gasteiger partial charge in [0.1, 0.15) is 5.82 Å². The first-order chi connectivity index (χ1) is 9.40. The third kappa shape index (κ3) is 5.36. The highest BCUT2D eigenvalue weighted by atomic mass is 19.1. The number of halogens is 1. The van der Waals surface area contributed by atoms with Crippen molar-refractivity contribution in [3.8, 4) is 0 Å². The molecule has 5 nitrogen and oxygen atoms in total. The molecule has 1 aromatic rings. The number of hydrogen-bond donors (Lipinski definition) is 3. The van der Waals surface area contributed by atoms with Gasteiger partial charge < -0.3 is 15.7 Å². The van der Waals surface area contributed by atoms with Gasteiger partial charge in [0.25, 0.3) is 0 Å². The summed E-state index contributed by atoms with van der Waals surface area (Å²) >= 11 is 0. The second kappa shape index (κ2) is 7.59. The molecular formula is C14H19FN2O3. The number of aromatic carboxylic acids is 1. The van der Waals surface area contributed by atoms with Crippen LogP contribution in [0.25, 0.3) is 0 Å². The number of nitrogens with one attached hydrogen (secondary N) is 2. The van der Waals surface area contributed by atoms with Crippen LogP contribution in [0, 0.1) is 5.82 Å². The van der Waals surface area contributed by atoms with Gasteiger partial charge in [-0.1, -0.05) is 13.8 Å². The van der Waals surface area contributed by atoms with Crippen molar-refractivity contribution < 1.29 is 19.1 Å². The molecule has 0 atom stereocenters. The van der Waals surface area contributed by atoms with Gasteiger partial charge in [0.05, 0.1) is 11.3 Å². The first-order valence-electron chi connectivity index (χ1n) is 6.46. The fourth-order valence-corrected chi connectivity index (χ4v) is 1.66. The monoisotopic (exact) mass is 282 g/mol. The molecule has 0 aliphatic carbocycles. The first kappa shape index (κ1) is 16.1. The van der Waals surface area contributed by atoms with Gasteiger partial charge in [-0.25, -0.2) is 9.18 Å². The second-order valence-corrected chi connectivity index (χ2v) is 4.76. The summed E-state index contributed by atoms with van der Waals surface area (Å²) in [6, 6.07) is 3.53. The van der Waals surface area contributed by atoms with Gasteiger partial charge in [0, 0.05) is 12.5 Å². The lowest BCUT2D eigenvalue weighted by atomic mass is 10.1. The van der Waals surface area contributed by atoms with E-state index in [0.717, 1.165) is 18.2 Å². The smallest absolute Gasteiger partial charge is 0.337 e. The highest BCUT2D eigenvalue weighted by Gasteiger charge is 2.13. The largest absolute Gasteiger partial charge is 0.478 e. The fraction of sp³-hybridized carbons (Fsp3) is 0.429. The minimum atomic E-state index is -1.21. The third-order valence-corrected chi connectivity index (χ3v) is 2.62. The summed E-state index contributed by atoms with van der Waals surface area (Å²) in [4.78, 5) is 22.7. The number of carboxylic acids is 1. The molecule has 1 amide bonds. The van der Waals surface area contributed by atoms with Gasteiger partial charge in [-0.05, 0) is 31.2 Å². The maximum atomic E-state index is 13.1. The lowest BCUT2D eigenvalue weighted by molar-refractivity contribution is -0.116. The van der Waals surface area contributed by atoms with Crippen LogP contribution in [-0.4, -0.2) is 29.6 Å². The van der Waals surface area contributed by atoms with Crippen LogP contribution in [0.5, 0.6) is 0 Å². The SMILES string of the molecule is CC(C)NCCCC(=O)Nc1cc(F)ccc1C(=O)O. The lowest BCUT2D eigenvalue weighted by Crippen LogP contribution is -2.25. The van der Waals surface area contributed by atoms with Crippen molar-refractivity contribution in [3.63, 3.8) is 0 Å². The molecule has 0 unspecified atom stereocenters. The predicted octanol–water partition coefficient (Wildman–Crippen LogP) is 2.24. The maximum Gasteiger partial charge on any atom is 0.337 e. The Labute approximate surface area is 117 Å². The average Bonchev–Trinajstić information content (AvgIpc) is 2.34.